The number of carbonyl (C=O) groups is 1. The highest BCUT2D eigenvalue weighted by Crippen LogP contribution is 2.28. The first kappa shape index (κ1) is 18.3. The number of carbonyl (C=O) groups excluding carboxylic acids is 1. The van der Waals surface area contributed by atoms with E-state index in [4.69, 9.17) is 4.42 Å². The van der Waals surface area contributed by atoms with Crippen LogP contribution < -0.4 is 5.32 Å². The normalized spacial score (nSPS) is 11.1. The van der Waals surface area contributed by atoms with Crippen LogP contribution in [0.3, 0.4) is 0 Å². The fourth-order valence-electron chi connectivity index (χ4n) is 2.79. The molecule has 3 rings (SSSR count). The molecule has 2 aromatic heterocycles. The Bertz CT molecular complexity index is 880. The molecule has 3 aromatic rings. The molecule has 1 amide bonds. The number of rotatable bonds is 6. The number of hydrogen-bond acceptors (Lipinski definition) is 5. The van der Waals surface area contributed by atoms with Gasteiger partial charge in [0.1, 0.15) is 0 Å². The number of benzene rings is 1. The molecule has 26 heavy (non-hydrogen) atoms. The lowest BCUT2D eigenvalue weighted by Gasteiger charge is -2.12. The van der Waals surface area contributed by atoms with Gasteiger partial charge in [-0.1, -0.05) is 17.8 Å². The quantitative estimate of drug-likeness (QED) is 0.648. The molecular formula is C19H22N4O2S. The van der Waals surface area contributed by atoms with E-state index in [0.29, 0.717) is 16.7 Å². The molecule has 0 bridgehead atoms. The van der Waals surface area contributed by atoms with Crippen LogP contribution >= 0.6 is 11.8 Å². The van der Waals surface area contributed by atoms with E-state index in [1.807, 2.05) is 42.7 Å². The summed E-state index contributed by atoms with van der Waals surface area (Å²) >= 11 is 1.36. The molecule has 0 fully saturated rings. The minimum absolute atomic E-state index is 0.0714. The van der Waals surface area contributed by atoms with E-state index >= 15 is 0 Å². The monoisotopic (exact) mass is 370 g/mol. The first-order chi connectivity index (χ1) is 12.4. The summed E-state index contributed by atoms with van der Waals surface area (Å²) in [6, 6.07) is 9.81. The van der Waals surface area contributed by atoms with E-state index in [1.165, 1.54) is 11.8 Å². The predicted octanol–water partition coefficient (Wildman–Crippen LogP) is 4.47. The zero-order valence-electron chi connectivity index (χ0n) is 15.3. The van der Waals surface area contributed by atoms with Gasteiger partial charge in [-0.25, -0.2) is 0 Å². The summed E-state index contributed by atoms with van der Waals surface area (Å²) in [5.41, 5.74) is 3.06. The third-order valence-corrected chi connectivity index (χ3v) is 4.70. The van der Waals surface area contributed by atoms with Gasteiger partial charge >= 0.3 is 0 Å². The molecule has 0 atom stereocenters. The van der Waals surface area contributed by atoms with Crippen LogP contribution in [0.15, 0.2) is 46.2 Å². The van der Waals surface area contributed by atoms with E-state index < -0.39 is 0 Å². The van der Waals surface area contributed by atoms with Crippen molar-refractivity contribution in [2.75, 3.05) is 11.1 Å². The fraction of sp³-hybridized carbons (Fsp3) is 0.316. The van der Waals surface area contributed by atoms with Gasteiger partial charge < -0.3 is 9.73 Å². The van der Waals surface area contributed by atoms with Gasteiger partial charge in [0.2, 0.25) is 11.7 Å². The third kappa shape index (κ3) is 4.16. The highest BCUT2D eigenvalue weighted by molar-refractivity contribution is 7.99. The largest absolute Gasteiger partial charge is 0.461 e. The highest BCUT2D eigenvalue weighted by atomic mass is 32.2. The average molecular weight is 370 g/mol. The van der Waals surface area contributed by atoms with Crippen LogP contribution in [0.4, 0.5) is 5.69 Å². The van der Waals surface area contributed by atoms with Crippen molar-refractivity contribution in [1.29, 1.82) is 0 Å². The lowest BCUT2D eigenvalue weighted by Crippen LogP contribution is -2.15. The summed E-state index contributed by atoms with van der Waals surface area (Å²) in [7, 11) is 0. The maximum absolute atomic E-state index is 12.3. The average Bonchev–Trinajstić information content (AvgIpc) is 3.21. The third-order valence-electron chi connectivity index (χ3n) is 3.76. The second-order valence-electron chi connectivity index (χ2n) is 6.46. The Morgan fingerprint density at radius 2 is 1.96 bits per heavy atom. The summed E-state index contributed by atoms with van der Waals surface area (Å²) in [5.74, 6) is 1.52. The predicted molar refractivity (Wildman–Crippen MR) is 103 cm³/mol. The second kappa shape index (κ2) is 7.78. The van der Waals surface area contributed by atoms with Crippen LogP contribution in [-0.2, 0) is 4.79 Å². The van der Waals surface area contributed by atoms with Crippen molar-refractivity contribution in [3.8, 4) is 11.6 Å². The van der Waals surface area contributed by atoms with Crippen molar-refractivity contribution >= 4 is 23.4 Å². The number of amides is 1. The van der Waals surface area contributed by atoms with Crippen LogP contribution in [-0.4, -0.2) is 26.4 Å². The number of hydrogen-bond donors (Lipinski definition) is 1. The molecular weight excluding hydrogens is 348 g/mol. The fourth-order valence-corrected chi connectivity index (χ4v) is 3.66. The zero-order chi connectivity index (χ0) is 18.7. The van der Waals surface area contributed by atoms with Gasteiger partial charge in [-0.3, -0.25) is 9.36 Å². The summed E-state index contributed by atoms with van der Waals surface area (Å²) in [6.07, 6.45) is 1.61. The number of aryl methyl sites for hydroxylation is 2. The molecule has 1 N–H and O–H groups in total. The van der Waals surface area contributed by atoms with Crippen LogP contribution in [0.5, 0.6) is 0 Å². The van der Waals surface area contributed by atoms with Gasteiger partial charge in [-0.2, -0.15) is 0 Å². The summed E-state index contributed by atoms with van der Waals surface area (Å²) in [6.45, 7) is 8.13. The molecule has 7 heteroatoms. The number of thioether (sulfide) groups is 1. The SMILES string of the molecule is Cc1cc(C)cc(NC(=O)CSc2nnc(-c3ccco3)n2C(C)C)c1. The molecule has 6 nitrogen and oxygen atoms in total. The summed E-state index contributed by atoms with van der Waals surface area (Å²) in [4.78, 5) is 12.3. The number of aromatic nitrogens is 3. The van der Waals surface area contributed by atoms with E-state index in [1.54, 1.807) is 6.26 Å². The van der Waals surface area contributed by atoms with Crippen molar-refractivity contribution in [3.63, 3.8) is 0 Å². The molecule has 0 saturated carbocycles. The summed E-state index contributed by atoms with van der Waals surface area (Å²) in [5, 5.41) is 12.1. The molecule has 0 saturated heterocycles. The zero-order valence-corrected chi connectivity index (χ0v) is 16.1. The smallest absolute Gasteiger partial charge is 0.234 e. The number of nitrogens with one attached hydrogen (secondary N) is 1. The molecule has 0 aliphatic rings. The van der Waals surface area contributed by atoms with Crippen molar-refractivity contribution < 1.29 is 9.21 Å². The van der Waals surface area contributed by atoms with Crippen LogP contribution in [0.25, 0.3) is 11.6 Å². The Hall–Kier alpha value is -2.54. The Morgan fingerprint density at radius 1 is 1.23 bits per heavy atom. The second-order valence-corrected chi connectivity index (χ2v) is 7.40. The number of furan rings is 1. The van der Waals surface area contributed by atoms with Crippen LogP contribution in [0.2, 0.25) is 0 Å². The molecule has 2 heterocycles. The molecule has 0 aliphatic carbocycles. The van der Waals surface area contributed by atoms with Gasteiger partial charge in [0.15, 0.2) is 10.9 Å². The van der Waals surface area contributed by atoms with Gasteiger partial charge in [-0.05, 0) is 63.1 Å². The lowest BCUT2D eigenvalue weighted by molar-refractivity contribution is -0.113. The van der Waals surface area contributed by atoms with E-state index in [0.717, 1.165) is 16.8 Å². The molecule has 136 valence electrons. The first-order valence-corrected chi connectivity index (χ1v) is 9.42. The van der Waals surface area contributed by atoms with Crippen molar-refractivity contribution in [2.24, 2.45) is 0 Å². The molecule has 0 unspecified atom stereocenters. The van der Waals surface area contributed by atoms with Crippen molar-refractivity contribution in [1.82, 2.24) is 14.8 Å². The Labute approximate surface area is 157 Å². The van der Waals surface area contributed by atoms with Crippen molar-refractivity contribution in [3.05, 3.63) is 47.7 Å². The first-order valence-electron chi connectivity index (χ1n) is 8.44. The summed E-state index contributed by atoms with van der Waals surface area (Å²) < 4.78 is 7.42. The van der Waals surface area contributed by atoms with Crippen LogP contribution in [0, 0.1) is 13.8 Å². The van der Waals surface area contributed by atoms with Gasteiger partial charge in [0, 0.05) is 11.7 Å². The lowest BCUT2D eigenvalue weighted by atomic mass is 10.1. The minimum atomic E-state index is -0.0714. The molecule has 0 spiro atoms. The van der Waals surface area contributed by atoms with Gasteiger partial charge in [0.05, 0.1) is 12.0 Å². The van der Waals surface area contributed by atoms with Gasteiger partial charge in [0.25, 0.3) is 0 Å². The van der Waals surface area contributed by atoms with Crippen molar-refractivity contribution in [2.45, 2.75) is 38.9 Å². The maximum Gasteiger partial charge on any atom is 0.234 e. The highest BCUT2D eigenvalue weighted by Gasteiger charge is 2.19. The maximum atomic E-state index is 12.3. The van der Waals surface area contributed by atoms with Gasteiger partial charge in [-0.15, -0.1) is 10.2 Å². The van der Waals surface area contributed by atoms with Crippen LogP contribution in [0.1, 0.15) is 31.0 Å². The Balaban J connectivity index is 1.70. The van der Waals surface area contributed by atoms with E-state index in [2.05, 4.69) is 35.4 Å². The molecule has 0 aliphatic heterocycles. The number of nitrogens with zero attached hydrogens (tertiary/aromatic N) is 3. The topological polar surface area (TPSA) is 73.0 Å². The number of anilines is 1. The van der Waals surface area contributed by atoms with E-state index in [9.17, 15) is 4.79 Å². The minimum Gasteiger partial charge on any atom is -0.461 e. The van der Waals surface area contributed by atoms with E-state index in [-0.39, 0.29) is 17.7 Å². The standard InChI is InChI=1S/C19H22N4O2S/c1-12(2)23-18(16-6-5-7-25-16)21-22-19(23)26-11-17(24)20-15-9-13(3)8-14(4)10-15/h5-10,12H,11H2,1-4H3,(H,20,24). The molecule has 1 aromatic carbocycles. The Morgan fingerprint density at radius 3 is 2.58 bits per heavy atom. The molecule has 0 radical (unpaired) electrons. The Kier molecular flexibility index (Phi) is 5.46.